The van der Waals surface area contributed by atoms with Crippen LogP contribution in [0.5, 0.6) is 11.5 Å². The first-order chi connectivity index (χ1) is 15.2. The van der Waals surface area contributed by atoms with E-state index < -0.39 is 0 Å². The van der Waals surface area contributed by atoms with Crippen LogP contribution in [-0.2, 0) is 6.42 Å². The lowest BCUT2D eigenvalue weighted by molar-refractivity contribution is 0.105. The molecule has 0 fully saturated rings. The van der Waals surface area contributed by atoms with Crippen molar-refractivity contribution in [2.24, 2.45) is 0 Å². The maximum Gasteiger partial charge on any atom is 0.231 e. The number of thiophene rings is 1. The van der Waals surface area contributed by atoms with E-state index in [2.05, 4.69) is 10.4 Å². The minimum absolute atomic E-state index is 0.0202. The van der Waals surface area contributed by atoms with Crippen LogP contribution in [0.1, 0.15) is 26.5 Å². The predicted molar refractivity (Wildman–Crippen MR) is 120 cm³/mol. The number of para-hydroxylation sites is 1. The number of aryl methyl sites for hydroxylation is 1. The van der Waals surface area contributed by atoms with Gasteiger partial charge >= 0.3 is 0 Å². The van der Waals surface area contributed by atoms with E-state index in [1.807, 2.05) is 60.1 Å². The molecule has 2 aromatic heterocycles. The molecule has 6 rings (SSSR count). The number of ether oxygens (including phenoxy) is 2. The zero-order valence-electron chi connectivity index (χ0n) is 16.8. The van der Waals surface area contributed by atoms with Crippen molar-refractivity contribution in [3.8, 4) is 17.2 Å². The topological polar surface area (TPSA) is 65.4 Å². The molecule has 2 aromatic carbocycles. The number of nitrogens with one attached hydrogen (secondary N) is 1. The van der Waals surface area contributed by atoms with Crippen molar-refractivity contribution in [3.63, 3.8) is 0 Å². The third-order valence-electron chi connectivity index (χ3n) is 5.66. The first-order valence-corrected chi connectivity index (χ1v) is 11.0. The summed E-state index contributed by atoms with van der Waals surface area (Å²) in [6.07, 6.45) is 2.58. The first kappa shape index (κ1) is 18.2. The number of allylic oxidation sites excluding steroid dienone is 1. The molecular weight excluding hydrogens is 410 g/mol. The molecule has 6 nitrogen and oxygen atoms in total. The number of carbonyl (C=O) groups excluding carboxylic acids is 1. The summed E-state index contributed by atoms with van der Waals surface area (Å²) in [5, 5.41) is 9.05. The average molecular weight is 430 g/mol. The Labute approximate surface area is 182 Å². The molecule has 2 aliphatic rings. The van der Waals surface area contributed by atoms with Crippen LogP contribution >= 0.6 is 11.3 Å². The van der Waals surface area contributed by atoms with Crippen LogP contribution in [-0.4, -0.2) is 28.9 Å². The molecule has 0 amide bonds. The van der Waals surface area contributed by atoms with Crippen LogP contribution in [0.15, 0.2) is 54.6 Å². The highest BCUT2D eigenvalue weighted by atomic mass is 32.1. The second-order valence-corrected chi connectivity index (χ2v) is 8.65. The highest BCUT2D eigenvalue weighted by Gasteiger charge is 2.23. The van der Waals surface area contributed by atoms with Gasteiger partial charge in [-0.25, -0.2) is 4.68 Å². The maximum atomic E-state index is 13.2. The SMILES string of the molecule is Cc1nn(-c2ccccc2)c2sc(C(=O)/C=C3\NCCc4cc5c(cc43)OCO5)cc12. The lowest BCUT2D eigenvalue weighted by atomic mass is 9.96. The van der Waals surface area contributed by atoms with E-state index in [1.165, 1.54) is 11.3 Å². The molecular formula is C24H19N3O3S. The Morgan fingerprint density at radius 3 is 2.81 bits per heavy atom. The van der Waals surface area contributed by atoms with E-state index in [0.717, 1.165) is 62.9 Å². The van der Waals surface area contributed by atoms with Crippen LogP contribution in [0.3, 0.4) is 0 Å². The summed E-state index contributed by atoms with van der Waals surface area (Å²) >= 11 is 1.47. The molecule has 0 unspecified atom stereocenters. The monoisotopic (exact) mass is 429 g/mol. The van der Waals surface area contributed by atoms with Crippen molar-refractivity contribution >= 4 is 33.0 Å². The second kappa shape index (κ2) is 6.99. The molecule has 0 saturated heterocycles. The Bertz CT molecular complexity index is 1370. The molecule has 7 heteroatoms. The summed E-state index contributed by atoms with van der Waals surface area (Å²) < 4.78 is 12.9. The average Bonchev–Trinajstić information content (AvgIpc) is 3.49. The Morgan fingerprint density at radius 2 is 1.97 bits per heavy atom. The Balaban J connectivity index is 1.39. The minimum atomic E-state index is -0.0202. The summed E-state index contributed by atoms with van der Waals surface area (Å²) in [6.45, 7) is 2.99. The number of rotatable bonds is 3. The van der Waals surface area contributed by atoms with Gasteiger partial charge in [-0.1, -0.05) is 18.2 Å². The van der Waals surface area contributed by atoms with E-state index in [1.54, 1.807) is 6.08 Å². The van der Waals surface area contributed by atoms with Gasteiger partial charge in [0.25, 0.3) is 0 Å². The van der Waals surface area contributed by atoms with Gasteiger partial charge in [0.2, 0.25) is 6.79 Å². The van der Waals surface area contributed by atoms with Crippen molar-refractivity contribution in [1.82, 2.24) is 15.1 Å². The van der Waals surface area contributed by atoms with Gasteiger partial charge in [-0.2, -0.15) is 5.10 Å². The number of aromatic nitrogens is 2. The van der Waals surface area contributed by atoms with Crippen molar-refractivity contribution in [3.05, 3.63) is 76.3 Å². The summed E-state index contributed by atoms with van der Waals surface area (Å²) in [5.41, 5.74) is 4.88. The molecule has 0 aliphatic carbocycles. The lowest BCUT2D eigenvalue weighted by Gasteiger charge is -2.21. The summed E-state index contributed by atoms with van der Waals surface area (Å²) in [6, 6.07) is 15.9. The Kier molecular flexibility index (Phi) is 4.11. The zero-order valence-corrected chi connectivity index (χ0v) is 17.7. The number of hydrogen-bond acceptors (Lipinski definition) is 6. The van der Waals surface area contributed by atoms with Crippen molar-refractivity contribution in [2.75, 3.05) is 13.3 Å². The van der Waals surface area contributed by atoms with E-state index >= 15 is 0 Å². The van der Waals surface area contributed by atoms with Gasteiger partial charge in [-0.05, 0) is 49.2 Å². The fraction of sp³-hybridized carbons (Fsp3) is 0.167. The molecule has 2 aliphatic heterocycles. The number of carbonyl (C=O) groups is 1. The van der Waals surface area contributed by atoms with Crippen molar-refractivity contribution < 1.29 is 14.3 Å². The fourth-order valence-electron chi connectivity index (χ4n) is 4.11. The number of nitrogens with zero attached hydrogens (tertiary/aromatic N) is 2. The minimum Gasteiger partial charge on any atom is -0.454 e. The van der Waals surface area contributed by atoms with Gasteiger partial charge in [0.05, 0.1) is 16.3 Å². The van der Waals surface area contributed by atoms with Gasteiger partial charge in [0, 0.05) is 29.3 Å². The highest BCUT2D eigenvalue weighted by Crippen LogP contribution is 2.38. The number of benzene rings is 2. The number of hydrogen-bond donors (Lipinski definition) is 1. The van der Waals surface area contributed by atoms with Crippen LogP contribution in [0.2, 0.25) is 0 Å². The second-order valence-electron chi connectivity index (χ2n) is 7.62. The van der Waals surface area contributed by atoms with Crippen molar-refractivity contribution in [1.29, 1.82) is 0 Å². The Morgan fingerprint density at radius 1 is 1.16 bits per heavy atom. The molecule has 1 N–H and O–H groups in total. The maximum absolute atomic E-state index is 13.2. The molecule has 0 bridgehead atoms. The van der Waals surface area contributed by atoms with Gasteiger partial charge in [0.1, 0.15) is 4.83 Å². The predicted octanol–water partition coefficient (Wildman–Crippen LogP) is 4.49. The number of fused-ring (bicyclic) bond motifs is 3. The van der Waals surface area contributed by atoms with E-state index in [9.17, 15) is 4.79 Å². The van der Waals surface area contributed by atoms with Gasteiger partial charge in [0.15, 0.2) is 17.3 Å². The summed E-state index contributed by atoms with van der Waals surface area (Å²) in [5.74, 6) is 1.48. The van der Waals surface area contributed by atoms with Gasteiger partial charge in [-0.3, -0.25) is 4.79 Å². The molecule has 154 valence electrons. The van der Waals surface area contributed by atoms with Crippen molar-refractivity contribution in [2.45, 2.75) is 13.3 Å². The molecule has 4 heterocycles. The van der Waals surface area contributed by atoms with Gasteiger partial charge in [-0.15, -0.1) is 11.3 Å². The first-order valence-electron chi connectivity index (χ1n) is 10.1. The lowest BCUT2D eigenvalue weighted by Crippen LogP contribution is -2.23. The molecule has 31 heavy (non-hydrogen) atoms. The smallest absolute Gasteiger partial charge is 0.231 e. The Hall–Kier alpha value is -3.58. The molecule has 0 atom stereocenters. The normalized spacial score (nSPS) is 15.8. The third kappa shape index (κ3) is 3.00. The quantitative estimate of drug-likeness (QED) is 0.384. The standard InChI is InChI=1S/C24H19N3O3S/c1-14-17-11-23(31-24(17)27(26-14)16-5-3-2-4-6-16)20(28)12-19-18-10-22-21(29-13-30-22)9-15(18)7-8-25-19/h2-6,9-12,25H,7-8,13H2,1H3/b19-12-. The largest absolute Gasteiger partial charge is 0.454 e. The van der Waals surface area contributed by atoms with E-state index in [-0.39, 0.29) is 12.6 Å². The highest BCUT2D eigenvalue weighted by molar-refractivity contribution is 7.20. The van der Waals surface area contributed by atoms with Crippen LogP contribution in [0, 0.1) is 6.92 Å². The van der Waals surface area contributed by atoms with Crippen LogP contribution in [0.25, 0.3) is 21.6 Å². The van der Waals surface area contributed by atoms with Gasteiger partial charge < -0.3 is 14.8 Å². The molecule has 4 aromatic rings. The summed E-state index contributed by atoms with van der Waals surface area (Å²) in [4.78, 5) is 14.9. The molecule has 0 radical (unpaired) electrons. The number of ketones is 1. The zero-order chi connectivity index (χ0) is 20.9. The van der Waals surface area contributed by atoms with E-state index in [0.29, 0.717) is 4.88 Å². The van der Waals surface area contributed by atoms with Crippen LogP contribution < -0.4 is 14.8 Å². The third-order valence-corrected chi connectivity index (χ3v) is 6.79. The van der Waals surface area contributed by atoms with Crippen LogP contribution in [0.4, 0.5) is 0 Å². The fourth-order valence-corrected chi connectivity index (χ4v) is 5.21. The molecule has 0 saturated carbocycles. The van der Waals surface area contributed by atoms with E-state index in [4.69, 9.17) is 9.47 Å². The molecule has 0 spiro atoms. The summed E-state index contributed by atoms with van der Waals surface area (Å²) in [7, 11) is 0.